The number of carbonyl (C=O) groups excluding carboxylic acids is 1. The van der Waals surface area contributed by atoms with Crippen LogP contribution in [0.5, 0.6) is 0 Å². The van der Waals surface area contributed by atoms with Crippen LogP contribution in [0.1, 0.15) is 36.1 Å². The van der Waals surface area contributed by atoms with Crippen LogP contribution in [0.3, 0.4) is 0 Å². The summed E-state index contributed by atoms with van der Waals surface area (Å²) >= 11 is 0. The molecule has 164 valence electrons. The van der Waals surface area contributed by atoms with Crippen molar-refractivity contribution in [1.82, 2.24) is 15.3 Å². The highest BCUT2D eigenvalue weighted by Gasteiger charge is 2.46. The Morgan fingerprint density at radius 3 is 2.87 bits per heavy atom. The third-order valence-electron chi connectivity index (χ3n) is 5.37. The van der Waals surface area contributed by atoms with Gasteiger partial charge in [-0.25, -0.2) is 27.5 Å². The van der Waals surface area contributed by atoms with E-state index in [4.69, 9.17) is 0 Å². The molecule has 1 aromatic heterocycles. The van der Waals surface area contributed by atoms with E-state index >= 15 is 0 Å². The number of anilines is 1. The highest BCUT2D eigenvalue weighted by Crippen LogP contribution is 2.35. The molecule has 1 aliphatic carbocycles. The van der Waals surface area contributed by atoms with Gasteiger partial charge in [-0.1, -0.05) is 0 Å². The molecule has 1 fully saturated rings. The van der Waals surface area contributed by atoms with Gasteiger partial charge in [0.25, 0.3) is 11.8 Å². The van der Waals surface area contributed by atoms with Crippen molar-refractivity contribution in [1.29, 1.82) is 0 Å². The molecule has 1 aromatic carbocycles. The number of rotatable bonds is 5. The van der Waals surface area contributed by atoms with Gasteiger partial charge in [0.15, 0.2) is 0 Å². The minimum atomic E-state index is -3.23. The van der Waals surface area contributed by atoms with E-state index < -0.39 is 42.0 Å². The van der Waals surface area contributed by atoms with E-state index in [9.17, 15) is 27.5 Å². The Labute approximate surface area is 174 Å². The van der Waals surface area contributed by atoms with Crippen molar-refractivity contribution in [3.05, 3.63) is 53.0 Å². The molecule has 2 aromatic rings. The molecule has 2 heterocycles. The van der Waals surface area contributed by atoms with E-state index in [0.29, 0.717) is 12.1 Å². The maximum atomic E-state index is 13.9. The molecule has 0 radical (unpaired) electrons. The zero-order valence-corrected chi connectivity index (χ0v) is 16.2. The Balaban J connectivity index is 1.52. The fraction of sp³-hybridized carbons (Fsp3) is 0.400. The summed E-state index contributed by atoms with van der Waals surface area (Å²) in [4.78, 5) is 24.9. The van der Waals surface area contributed by atoms with Gasteiger partial charge in [-0.2, -0.15) is 0 Å². The Kier molecular flexibility index (Phi) is 5.61. The van der Waals surface area contributed by atoms with E-state index in [2.05, 4.69) is 25.6 Å². The smallest absolute Gasteiger partial charge is 0.275 e. The van der Waals surface area contributed by atoms with Crippen LogP contribution in [0.4, 0.5) is 23.4 Å². The summed E-state index contributed by atoms with van der Waals surface area (Å²) in [6, 6.07) is 1.94. The fourth-order valence-corrected chi connectivity index (χ4v) is 3.74. The molecule has 0 saturated heterocycles. The van der Waals surface area contributed by atoms with Gasteiger partial charge >= 0.3 is 0 Å². The number of hydrogen-bond acceptors (Lipinski definition) is 6. The summed E-state index contributed by atoms with van der Waals surface area (Å²) in [6.45, 7) is -0.201. The van der Waals surface area contributed by atoms with E-state index in [1.807, 2.05) is 0 Å². The SMILES string of the molecule is O=C(NCc1cc(F)ccc1F)C1=NCc2ncnc(N[C@@H]3CCCC(F)(F)[C@H]3O)c21. The molecule has 2 aliphatic rings. The molecule has 1 aliphatic heterocycles. The average molecular weight is 437 g/mol. The highest BCUT2D eigenvalue weighted by atomic mass is 19.3. The molecule has 0 bridgehead atoms. The van der Waals surface area contributed by atoms with Crippen molar-refractivity contribution >= 4 is 17.4 Å². The van der Waals surface area contributed by atoms with Gasteiger partial charge in [-0.3, -0.25) is 9.79 Å². The zero-order valence-electron chi connectivity index (χ0n) is 16.2. The molecular formula is C20H19F4N5O2. The Bertz CT molecular complexity index is 1050. The van der Waals surface area contributed by atoms with Gasteiger partial charge < -0.3 is 15.7 Å². The summed E-state index contributed by atoms with van der Waals surface area (Å²) in [5.41, 5.74) is 0.562. The summed E-state index contributed by atoms with van der Waals surface area (Å²) in [7, 11) is 0. The van der Waals surface area contributed by atoms with Gasteiger partial charge in [0, 0.05) is 18.5 Å². The third-order valence-corrected chi connectivity index (χ3v) is 5.37. The van der Waals surface area contributed by atoms with Gasteiger partial charge in [-0.05, 0) is 31.0 Å². The standard InChI is InChI=1S/C20H19F4N5O2/c21-11-3-4-12(22)10(6-11)7-26-19(31)16-15-14(8-25-16)27-9-28-18(15)29-13-2-1-5-20(23,24)17(13)30/h3-4,6,9,13,17,30H,1-2,5,7-8H2,(H,26,31)(H,27,28,29)/t13-,17+/m1/s1. The molecular weight excluding hydrogens is 418 g/mol. The summed E-state index contributed by atoms with van der Waals surface area (Å²) < 4.78 is 54.9. The molecule has 4 rings (SSSR count). The molecule has 11 heteroatoms. The molecule has 2 atom stereocenters. The lowest BCUT2D eigenvalue weighted by molar-refractivity contribution is -0.135. The Morgan fingerprint density at radius 1 is 1.26 bits per heavy atom. The summed E-state index contributed by atoms with van der Waals surface area (Å²) in [6.07, 6.45) is -0.575. The lowest BCUT2D eigenvalue weighted by Crippen LogP contribution is -2.50. The number of nitrogens with one attached hydrogen (secondary N) is 2. The minimum Gasteiger partial charge on any atom is -0.385 e. The first-order valence-corrected chi connectivity index (χ1v) is 9.69. The monoisotopic (exact) mass is 437 g/mol. The van der Waals surface area contributed by atoms with Crippen molar-refractivity contribution in [2.75, 3.05) is 5.32 Å². The van der Waals surface area contributed by atoms with Crippen LogP contribution >= 0.6 is 0 Å². The van der Waals surface area contributed by atoms with Crippen molar-refractivity contribution in [3.8, 4) is 0 Å². The highest BCUT2D eigenvalue weighted by molar-refractivity contribution is 6.47. The first-order valence-electron chi connectivity index (χ1n) is 9.69. The van der Waals surface area contributed by atoms with E-state index in [1.54, 1.807) is 0 Å². The van der Waals surface area contributed by atoms with Gasteiger partial charge in [0.2, 0.25) is 0 Å². The number of aliphatic imine (C=N–C) groups is 1. The minimum absolute atomic E-state index is 0.0395. The number of aliphatic hydroxyl groups excluding tert-OH is 1. The lowest BCUT2D eigenvalue weighted by atomic mass is 9.89. The Hall–Kier alpha value is -3.08. The molecule has 0 unspecified atom stereocenters. The predicted octanol–water partition coefficient (Wildman–Crippen LogP) is 2.33. The van der Waals surface area contributed by atoms with Gasteiger partial charge in [0.1, 0.15) is 35.6 Å². The second-order valence-electron chi connectivity index (χ2n) is 7.48. The van der Waals surface area contributed by atoms with Crippen LogP contribution in [0.25, 0.3) is 0 Å². The van der Waals surface area contributed by atoms with Gasteiger partial charge in [-0.15, -0.1) is 0 Å². The van der Waals surface area contributed by atoms with E-state index in [0.717, 1.165) is 18.2 Å². The normalized spacial score (nSPS) is 21.9. The number of benzene rings is 1. The van der Waals surface area contributed by atoms with Gasteiger partial charge in [0.05, 0.1) is 23.8 Å². The van der Waals surface area contributed by atoms with Crippen molar-refractivity contribution < 1.29 is 27.5 Å². The topological polar surface area (TPSA) is 99.5 Å². The maximum absolute atomic E-state index is 13.9. The average Bonchev–Trinajstić information content (AvgIpc) is 3.17. The van der Waals surface area contributed by atoms with Crippen molar-refractivity contribution in [2.24, 2.45) is 4.99 Å². The first-order chi connectivity index (χ1) is 14.8. The molecule has 3 N–H and O–H groups in total. The molecule has 1 saturated carbocycles. The summed E-state index contributed by atoms with van der Waals surface area (Å²) in [5.74, 6) is -5.11. The molecule has 0 spiro atoms. The van der Waals surface area contributed by atoms with Crippen LogP contribution in [0, 0.1) is 11.6 Å². The number of carbonyl (C=O) groups is 1. The van der Waals surface area contributed by atoms with Crippen LogP contribution in [0.15, 0.2) is 29.5 Å². The van der Waals surface area contributed by atoms with Crippen LogP contribution in [0.2, 0.25) is 0 Å². The Morgan fingerprint density at radius 2 is 2.06 bits per heavy atom. The largest absolute Gasteiger partial charge is 0.385 e. The number of alkyl halides is 2. The lowest BCUT2D eigenvalue weighted by Gasteiger charge is -2.35. The molecule has 7 nitrogen and oxygen atoms in total. The molecule has 31 heavy (non-hydrogen) atoms. The first kappa shape index (κ1) is 21.2. The quantitative estimate of drug-likeness (QED) is 0.624. The number of amides is 1. The number of aromatic nitrogens is 2. The van der Waals surface area contributed by atoms with E-state index in [1.165, 1.54) is 6.33 Å². The number of halogens is 4. The van der Waals surface area contributed by atoms with Crippen LogP contribution in [-0.4, -0.2) is 44.8 Å². The van der Waals surface area contributed by atoms with Crippen LogP contribution < -0.4 is 10.6 Å². The number of aliphatic hydroxyl groups is 1. The predicted molar refractivity (Wildman–Crippen MR) is 103 cm³/mol. The maximum Gasteiger partial charge on any atom is 0.275 e. The number of fused-ring (bicyclic) bond motifs is 1. The second-order valence-corrected chi connectivity index (χ2v) is 7.48. The molecule has 1 amide bonds. The number of nitrogens with zero attached hydrogens (tertiary/aromatic N) is 3. The summed E-state index contributed by atoms with van der Waals surface area (Å²) in [5, 5.41) is 15.3. The third kappa shape index (κ3) is 4.22. The van der Waals surface area contributed by atoms with Crippen molar-refractivity contribution in [2.45, 2.75) is 50.4 Å². The zero-order chi connectivity index (χ0) is 22.2. The van der Waals surface area contributed by atoms with Crippen molar-refractivity contribution in [3.63, 3.8) is 0 Å². The van der Waals surface area contributed by atoms with E-state index in [-0.39, 0.29) is 42.2 Å². The van der Waals surface area contributed by atoms with Crippen LogP contribution in [-0.2, 0) is 17.9 Å². The fourth-order valence-electron chi connectivity index (χ4n) is 3.74. The number of hydrogen-bond donors (Lipinski definition) is 3. The second kappa shape index (κ2) is 8.22.